The van der Waals surface area contributed by atoms with Crippen LogP contribution in [-0.2, 0) is 0 Å². The molecule has 1 aliphatic carbocycles. The summed E-state index contributed by atoms with van der Waals surface area (Å²) >= 11 is 7.70. The zero-order valence-corrected chi connectivity index (χ0v) is 12.8. The minimum absolute atomic E-state index is 0.438. The van der Waals surface area contributed by atoms with E-state index in [9.17, 15) is 0 Å². The molecular formula is C15H19ClN2S. The maximum Gasteiger partial charge on any atom is 0.183 e. The Bertz CT molecular complexity index is 573. The number of benzene rings is 1. The topological polar surface area (TPSA) is 24.9 Å². The van der Waals surface area contributed by atoms with Crippen molar-refractivity contribution >= 4 is 38.3 Å². The maximum absolute atomic E-state index is 6.01. The zero-order chi connectivity index (χ0) is 13.3. The van der Waals surface area contributed by atoms with E-state index in [1.165, 1.54) is 32.1 Å². The standard InChI is InChI=1S/C15H19ClN2S/c1-15(7-3-2-4-8-15)10-17-14-18-12-6-5-11(16)9-13(12)19-14/h5-6,9H,2-4,7-8,10H2,1H3,(H,17,18). The summed E-state index contributed by atoms with van der Waals surface area (Å²) in [5, 5.41) is 5.33. The molecule has 2 aromatic rings. The normalized spacial score (nSPS) is 18.6. The lowest BCUT2D eigenvalue weighted by molar-refractivity contribution is 0.233. The number of nitrogens with one attached hydrogen (secondary N) is 1. The number of hydrogen-bond donors (Lipinski definition) is 1. The molecule has 0 unspecified atom stereocenters. The molecule has 0 radical (unpaired) electrons. The summed E-state index contributed by atoms with van der Waals surface area (Å²) in [5.74, 6) is 0. The minimum Gasteiger partial charge on any atom is -0.361 e. The van der Waals surface area contributed by atoms with Crippen molar-refractivity contribution < 1.29 is 0 Å². The molecule has 0 atom stereocenters. The second-order valence-corrected chi connectivity index (χ2v) is 7.32. The fourth-order valence-corrected chi connectivity index (χ4v) is 3.98. The van der Waals surface area contributed by atoms with Crippen molar-refractivity contribution in [2.24, 2.45) is 5.41 Å². The molecule has 0 spiro atoms. The van der Waals surface area contributed by atoms with Crippen LogP contribution in [0.15, 0.2) is 18.2 Å². The van der Waals surface area contributed by atoms with Crippen molar-refractivity contribution in [2.45, 2.75) is 39.0 Å². The monoisotopic (exact) mass is 294 g/mol. The third-order valence-electron chi connectivity index (χ3n) is 4.08. The summed E-state index contributed by atoms with van der Waals surface area (Å²) in [6.07, 6.45) is 6.80. The first kappa shape index (κ1) is 13.2. The van der Waals surface area contributed by atoms with E-state index >= 15 is 0 Å². The molecule has 1 N–H and O–H groups in total. The van der Waals surface area contributed by atoms with E-state index in [0.717, 1.165) is 26.9 Å². The Morgan fingerprint density at radius 3 is 2.89 bits per heavy atom. The van der Waals surface area contributed by atoms with Crippen LogP contribution in [0.4, 0.5) is 5.13 Å². The summed E-state index contributed by atoms with van der Waals surface area (Å²) < 4.78 is 1.16. The first-order chi connectivity index (χ1) is 9.15. The smallest absolute Gasteiger partial charge is 0.183 e. The Hall–Kier alpha value is -0.800. The second kappa shape index (κ2) is 5.29. The quantitative estimate of drug-likeness (QED) is 0.827. The summed E-state index contributed by atoms with van der Waals surface area (Å²) in [6, 6.07) is 5.87. The van der Waals surface area contributed by atoms with Gasteiger partial charge in [0.1, 0.15) is 0 Å². The van der Waals surface area contributed by atoms with E-state index in [1.54, 1.807) is 11.3 Å². The highest BCUT2D eigenvalue weighted by molar-refractivity contribution is 7.22. The lowest BCUT2D eigenvalue weighted by atomic mass is 9.76. The van der Waals surface area contributed by atoms with Gasteiger partial charge in [0.2, 0.25) is 0 Å². The van der Waals surface area contributed by atoms with E-state index < -0.39 is 0 Å². The van der Waals surface area contributed by atoms with E-state index in [2.05, 4.69) is 17.2 Å². The molecule has 3 rings (SSSR count). The van der Waals surface area contributed by atoms with Gasteiger partial charge in [0.15, 0.2) is 5.13 Å². The van der Waals surface area contributed by atoms with Gasteiger partial charge in [0.05, 0.1) is 10.2 Å². The van der Waals surface area contributed by atoms with Gasteiger partial charge in [0, 0.05) is 11.6 Å². The van der Waals surface area contributed by atoms with Crippen LogP contribution in [0.3, 0.4) is 0 Å². The van der Waals surface area contributed by atoms with Crippen LogP contribution in [0, 0.1) is 5.41 Å². The number of hydrogen-bond acceptors (Lipinski definition) is 3. The largest absolute Gasteiger partial charge is 0.361 e. The number of nitrogens with zero attached hydrogens (tertiary/aromatic N) is 1. The molecule has 102 valence electrons. The predicted octanol–water partition coefficient (Wildman–Crippen LogP) is 5.33. The lowest BCUT2D eigenvalue weighted by Gasteiger charge is -2.33. The van der Waals surface area contributed by atoms with Gasteiger partial charge in [0.25, 0.3) is 0 Å². The summed E-state index contributed by atoms with van der Waals surface area (Å²) in [5.41, 5.74) is 1.47. The number of fused-ring (bicyclic) bond motifs is 1. The van der Waals surface area contributed by atoms with Gasteiger partial charge < -0.3 is 5.32 Å². The van der Waals surface area contributed by atoms with Gasteiger partial charge in [-0.15, -0.1) is 0 Å². The van der Waals surface area contributed by atoms with Gasteiger partial charge in [-0.25, -0.2) is 4.98 Å². The number of aromatic nitrogens is 1. The Kier molecular flexibility index (Phi) is 3.68. The first-order valence-corrected chi connectivity index (χ1v) is 8.14. The number of halogens is 1. The molecule has 1 saturated carbocycles. The average molecular weight is 295 g/mol. The van der Waals surface area contributed by atoms with Crippen LogP contribution >= 0.6 is 22.9 Å². The van der Waals surface area contributed by atoms with Crippen molar-refractivity contribution in [3.05, 3.63) is 23.2 Å². The van der Waals surface area contributed by atoms with E-state index in [4.69, 9.17) is 11.6 Å². The number of anilines is 1. The molecule has 19 heavy (non-hydrogen) atoms. The molecule has 0 aliphatic heterocycles. The first-order valence-electron chi connectivity index (χ1n) is 6.95. The average Bonchev–Trinajstić information content (AvgIpc) is 2.79. The third-order valence-corrected chi connectivity index (χ3v) is 5.29. The van der Waals surface area contributed by atoms with Crippen molar-refractivity contribution in [3.63, 3.8) is 0 Å². The minimum atomic E-state index is 0.438. The predicted molar refractivity (Wildman–Crippen MR) is 84.3 cm³/mol. The van der Waals surface area contributed by atoms with E-state index in [-0.39, 0.29) is 0 Å². The van der Waals surface area contributed by atoms with Crippen LogP contribution in [0.5, 0.6) is 0 Å². The van der Waals surface area contributed by atoms with Crippen molar-refractivity contribution in [2.75, 3.05) is 11.9 Å². The molecular weight excluding hydrogens is 276 g/mol. The molecule has 2 nitrogen and oxygen atoms in total. The molecule has 1 heterocycles. The molecule has 1 fully saturated rings. The van der Waals surface area contributed by atoms with Crippen LogP contribution in [0.1, 0.15) is 39.0 Å². The van der Waals surface area contributed by atoms with Crippen LogP contribution < -0.4 is 5.32 Å². The molecule has 0 bridgehead atoms. The fraction of sp³-hybridized carbons (Fsp3) is 0.533. The SMILES string of the molecule is CC1(CNc2nc3ccc(Cl)cc3s2)CCCCC1. The van der Waals surface area contributed by atoms with Gasteiger partial charge in [-0.3, -0.25) is 0 Å². The summed E-state index contributed by atoms with van der Waals surface area (Å²) in [6.45, 7) is 3.42. The van der Waals surface area contributed by atoms with Crippen molar-refractivity contribution in [1.29, 1.82) is 0 Å². The van der Waals surface area contributed by atoms with Gasteiger partial charge >= 0.3 is 0 Å². The molecule has 0 amide bonds. The van der Waals surface area contributed by atoms with Gasteiger partial charge in [-0.05, 0) is 36.5 Å². The highest BCUT2D eigenvalue weighted by Crippen LogP contribution is 2.36. The molecule has 0 saturated heterocycles. The van der Waals surface area contributed by atoms with Crippen molar-refractivity contribution in [3.8, 4) is 0 Å². The Balaban J connectivity index is 1.71. The van der Waals surface area contributed by atoms with Crippen LogP contribution in [0.25, 0.3) is 10.2 Å². The highest BCUT2D eigenvalue weighted by atomic mass is 35.5. The number of rotatable bonds is 3. The summed E-state index contributed by atoms with van der Waals surface area (Å²) in [7, 11) is 0. The molecule has 1 aromatic heterocycles. The lowest BCUT2D eigenvalue weighted by Crippen LogP contribution is -2.28. The van der Waals surface area contributed by atoms with E-state index in [0.29, 0.717) is 5.41 Å². The number of thiazole rings is 1. The summed E-state index contributed by atoms with van der Waals surface area (Å²) in [4.78, 5) is 4.62. The zero-order valence-electron chi connectivity index (χ0n) is 11.2. The maximum atomic E-state index is 6.01. The molecule has 1 aliphatic rings. The molecule has 4 heteroatoms. The van der Waals surface area contributed by atoms with Crippen LogP contribution in [0.2, 0.25) is 5.02 Å². The van der Waals surface area contributed by atoms with Gasteiger partial charge in [-0.1, -0.05) is 49.1 Å². The Labute approximate surface area is 123 Å². The van der Waals surface area contributed by atoms with Crippen LogP contribution in [-0.4, -0.2) is 11.5 Å². The Morgan fingerprint density at radius 1 is 1.32 bits per heavy atom. The highest BCUT2D eigenvalue weighted by Gasteiger charge is 2.26. The molecule has 1 aromatic carbocycles. The van der Waals surface area contributed by atoms with E-state index in [1.807, 2.05) is 18.2 Å². The second-order valence-electron chi connectivity index (χ2n) is 5.86. The van der Waals surface area contributed by atoms with Gasteiger partial charge in [-0.2, -0.15) is 0 Å². The fourth-order valence-electron chi connectivity index (χ4n) is 2.85. The Morgan fingerprint density at radius 2 is 2.11 bits per heavy atom. The van der Waals surface area contributed by atoms with Crippen molar-refractivity contribution in [1.82, 2.24) is 4.98 Å². The third kappa shape index (κ3) is 3.03.